The van der Waals surface area contributed by atoms with E-state index in [-0.39, 0.29) is 0 Å². The molecule has 3 rings (SSSR count). The van der Waals surface area contributed by atoms with Gasteiger partial charge in [0.15, 0.2) is 5.79 Å². The van der Waals surface area contributed by atoms with Crippen molar-refractivity contribution in [1.82, 2.24) is 0 Å². The number of benzene rings is 3. The smallest absolute Gasteiger partial charge is 0.199 e. The van der Waals surface area contributed by atoms with E-state index in [2.05, 4.69) is 36.4 Å². The highest BCUT2D eigenvalue weighted by Gasteiger charge is 2.34. The van der Waals surface area contributed by atoms with E-state index in [9.17, 15) is 0 Å². The second kappa shape index (κ2) is 7.43. The lowest BCUT2D eigenvalue weighted by Gasteiger charge is -2.33. The molecule has 2 nitrogen and oxygen atoms in total. The van der Waals surface area contributed by atoms with Gasteiger partial charge in [0, 0.05) is 26.2 Å². The minimum Gasteiger partial charge on any atom is -0.349 e. The molecular weight excluding hydrogens is 296 g/mol. The summed E-state index contributed by atoms with van der Waals surface area (Å²) in [6.45, 7) is 0. The largest absolute Gasteiger partial charge is 0.349 e. The van der Waals surface area contributed by atoms with Gasteiger partial charge in [-0.1, -0.05) is 84.9 Å². The molecule has 2 heteroatoms. The molecular formula is C22H22O2. The maximum absolute atomic E-state index is 5.92. The summed E-state index contributed by atoms with van der Waals surface area (Å²) >= 11 is 0. The van der Waals surface area contributed by atoms with Crippen LogP contribution in [0.15, 0.2) is 84.9 Å². The van der Waals surface area contributed by atoms with Crippen molar-refractivity contribution in [1.29, 1.82) is 0 Å². The molecule has 122 valence electrons. The predicted octanol–water partition coefficient (Wildman–Crippen LogP) is 5.04. The van der Waals surface area contributed by atoms with Crippen LogP contribution in [0.25, 0.3) is 11.1 Å². The van der Waals surface area contributed by atoms with Crippen LogP contribution in [0.4, 0.5) is 0 Å². The highest BCUT2D eigenvalue weighted by molar-refractivity contribution is 5.68. The van der Waals surface area contributed by atoms with Crippen LogP contribution in [0.1, 0.15) is 11.1 Å². The zero-order valence-electron chi connectivity index (χ0n) is 14.1. The summed E-state index contributed by atoms with van der Waals surface area (Å²) in [6.07, 6.45) is 0.644. The van der Waals surface area contributed by atoms with E-state index in [1.807, 2.05) is 48.5 Å². The first kappa shape index (κ1) is 16.4. The summed E-state index contributed by atoms with van der Waals surface area (Å²) in [5.41, 5.74) is 4.48. The predicted molar refractivity (Wildman–Crippen MR) is 97.7 cm³/mol. The van der Waals surface area contributed by atoms with Gasteiger partial charge in [-0.05, 0) is 16.7 Å². The van der Waals surface area contributed by atoms with Gasteiger partial charge in [-0.15, -0.1) is 0 Å². The van der Waals surface area contributed by atoms with E-state index in [4.69, 9.17) is 9.47 Å². The van der Waals surface area contributed by atoms with Gasteiger partial charge in [0.05, 0.1) is 0 Å². The highest BCUT2D eigenvalue weighted by Crippen LogP contribution is 2.37. The van der Waals surface area contributed by atoms with Crippen molar-refractivity contribution in [3.05, 3.63) is 96.1 Å². The number of hydrogen-bond acceptors (Lipinski definition) is 2. The molecule has 0 bridgehead atoms. The average molecular weight is 318 g/mol. The fourth-order valence-corrected chi connectivity index (χ4v) is 3.09. The Hall–Kier alpha value is -2.42. The van der Waals surface area contributed by atoms with Gasteiger partial charge in [0.1, 0.15) is 0 Å². The molecule has 0 amide bonds. The lowest BCUT2D eigenvalue weighted by atomic mass is 9.90. The normalized spacial score (nSPS) is 11.4. The first-order chi connectivity index (χ1) is 11.8. The van der Waals surface area contributed by atoms with Gasteiger partial charge in [0.2, 0.25) is 0 Å². The molecule has 0 radical (unpaired) electrons. The SMILES string of the molecule is COC(Cc1ccccc1)(OC)c1ccccc1-c1ccccc1. The van der Waals surface area contributed by atoms with Crippen molar-refractivity contribution in [2.75, 3.05) is 14.2 Å². The summed E-state index contributed by atoms with van der Waals surface area (Å²) in [7, 11) is 3.41. The second-order valence-electron chi connectivity index (χ2n) is 5.74. The minimum absolute atomic E-state index is 0.644. The molecule has 0 atom stereocenters. The van der Waals surface area contributed by atoms with Gasteiger partial charge >= 0.3 is 0 Å². The number of methoxy groups -OCH3 is 2. The molecule has 24 heavy (non-hydrogen) atoms. The minimum atomic E-state index is -0.826. The van der Waals surface area contributed by atoms with Crippen LogP contribution in [-0.2, 0) is 21.7 Å². The number of rotatable bonds is 6. The van der Waals surface area contributed by atoms with Crippen LogP contribution in [0.3, 0.4) is 0 Å². The van der Waals surface area contributed by atoms with E-state index in [0.717, 1.165) is 16.7 Å². The Balaban J connectivity index is 2.10. The molecule has 0 aliphatic rings. The van der Waals surface area contributed by atoms with Gasteiger partial charge < -0.3 is 9.47 Å². The summed E-state index contributed by atoms with van der Waals surface area (Å²) in [4.78, 5) is 0. The lowest BCUT2D eigenvalue weighted by molar-refractivity contribution is -0.214. The summed E-state index contributed by atoms with van der Waals surface area (Å²) in [6, 6.07) is 28.9. The summed E-state index contributed by atoms with van der Waals surface area (Å²) in [5.74, 6) is -0.826. The van der Waals surface area contributed by atoms with Crippen molar-refractivity contribution < 1.29 is 9.47 Å². The maximum Gasteiger partial charge on any atom is 0.199 e. The zero-order chi connectivity index (χ0) is 16.8. The van der Waals surface area contributed by atoms with E-state index in [1.54, 1.807) is 14.2 Å². The van der Waals surface area contributed by atoms with Gasteiger partial charge in [-0.2, -0.15) is 0 Å². The second-order valence-corrected chi connectivity index (χ2v) is 5.74. The third-order valence-electron chi connectivity index (χ3n) is 4.36. The van der Waals surface area contributed by atoms with E-state index in [0.29, 0.717) is 6.42 Å². The zero-order valence-corrected chi connectivity index (χ0v) is 14.1. The van der Waals surface area contributed by atoms with E-state index < -0.39 is 5.79 Å². The summed E-state index contributed by atoms with van der Waals surface area (Å²) in [5, 5.41) is 0. The van der Waals surface area contributed by atoms with Crippen LogP contribution in [-0.4, -0.2) is 14.2 Å². The number of ether oxygens (including phenoxy) is 2. The Kier molecular flexibility index (Phi) is 5.09. The van der Waals surface area contributed by atoms with Gasteiger partial charge in [-0.3, -0.25) is 0 Å². The molecule has 0 aromatic heterocycles. The Morgan fingerprint density at radius 3 is 1.83 bits per heavy atom. The van der Waals surface area contributed by atoms with Crippen LogP contribution >= 0.6 is 0 Å². The first-order valence-electron chi connectivity index (χ1n) is 8.08. The lowest BCUT2D eigenvalue weighted by Crippen LogP contribution is -2.34. The van der Waals surface area contributed by atoms with Crippen molar-refractivity contribution in [2.45, 2.75) is 12.2 Å². The molecule has 0 fully saturated rings. The quantitative estimate of drug-likeness (QED) is 0.593. The van der Waals surface area contributed by atoms with E-state index >= 15 is 0 Å². The molecule has 3 aromatic carbocycles. The Bertz CT molecular complexity index is 762. The monoisotopic (exact) mass is 318 g/mol. The van der Waals surface area contributed by atoms with Crippen molar-refractivity contribution in [3.63, 3.8) is 0 Å². The number of hydrogen-bond donors (Lipinski definition) is 0. The van der Waals surface area contributed by atoms with Crippen molar-refractivity contribution in [2.24, 2.45) is 0 Å². The third kappa shape index (κ3) is 3.25. The van der Waals surface area contributed by atoms with Gasteiger partial charge in [0.25, 0.3) is 0 Å². The topological polar surface area (TPSA) is 18.5 Å². The highest BCUT2D eigenvalue weighted by atomic mass is 16.7. The molecule has 0 unspecified atom stereocenters. The first-order valence-corrected chi connectivity index (χ1v) is 8.08. The molecule has 0 N–H and O–H groups in total. The molecule has 0 saturated carbocycles. The molecule has 0 aliphatic heterocycles. The third-order valence-corrected chi connectivity index (χ3v) is 4.36. The van der Waals surface area contributed by atoms with Crippen LogP contribution in [0.2, 0.25) is 0 Å². The fraction of sp³-hybridized carbons (Fsp3) is 0.182. The molecule has 0 aliphatic carbocycles. The van der Waals surface area contributed by atoms with Crippen LogP contribution in [0.5, 0.6) is 0 Å². The molecule has 0 spiro atoms. The van der Waals surface area contributed by atoms with Gasteiger partial charge in [-0.25, -0.2) is 0 Å². The molecule has 3 aromatic rings. The Morgan fingerprint density at radius 2 is 1.21 bits per heavy atom. The average Bonchev–Trinajstić information content (AvgIpc) is 2.68. The van der Waals surface area contributed by atoms with E-state index in [1.165, 1.54) is 5.56 Å². The van der Waals surface area contributed by atoms with Crippen LogP contribution in [0, 0.1) is 0 Å². The standard InChI is InChI=1S/C22H22O2/c1-23-22(24-2,17-18-11-5-3-6-12-18)21-16-10-9-15-20(21)19-13-7-4-8-14-19/h3-16H,17H2,1-2H3. The van der Waals surface area contributed by atoms with Crippen molar-refractivity contribution >= 4 is 0 Å². The molecule has 0 heterocycles. The Morgan fingerprint density at radius 1 is 0.667 bits per heavy atom. The maximum atomic E-state index is 5.92. The fourth-order valence-electron chi connectivity index (χ4n) is 3.09. The molecule has 0 saturated heterocycles. The van der Waals surface area contributed by atoms with Crippen molar-refractivity contribution in [3.8, 4) is 11.1 Å². The van der Waals surface area contributed by atoms with Crippen LogP contribution < -0.4 is 0 Å². The summed E-state index contributed by atoms with van der Waals surface area (Å²) < 4.78 is 11.8. The Labute approximate surface area is 143 Å².